The first-order valence-corrected chi connectivity index (χ1v) is 10.1. The fourth-order valence-corrected chi connectivity index (χ4v) is 4.32. The number of carbonyl (C=O) groups is 1. The average Bonchev–Trinajstić information content (AvgIpc) is 2.98. The maximum absolute atomic E-state index is 12.7. The van der Waals surface area contributed by atoms with E-state index in [4.69, 9.17) is 9.47 Å². The molecule has 0 saturated carbocycles. The zero-order chi connectivity index (χ0) is 18.5. The molecule has 0 aliphatic rings. The summed E-state index contributed by atoms with van der Waals surface area (Å²) in [6, 6.07) is 13.4. The summed E-state index contributed by atoms with van der Waals surface area (Å²) in [6.45, 7) is 3.65. The summed E-state index contributed by atoms with van der Waals surface area (Å²) < 4.78 is 14.9. The SMILES string of the molecule is CCOc1cccc2sc(=NC(=O)c3ccccc3I)n(CCOC)c12. The lowest BCUT2D eigenvalue weighted by atomic mass is 10.2. The maximum Gasteiger partial charge on any atom is 0.280 e. The van der Waals surface area contributed by atoms with Crippen molar-refractivity contribution in [3.63, 3.8) is 0 Å². The second-order valence-corrected chi connectivity index (χ2v) is 7.63. The van der Waals surface area contributed by atoms with Crippen LogP contribution in [0.15, 0.2) is 47.5 Å². The van der Waals surface area contributed by atoms with Gasteiger partial charge in [0, 0.05) is 17.2 Å². The zero-order valence-corrected chi connectivity index (χ0v) is 17.5. The smallest absolute Gasteiger partial charge is 0.280 e. The normalized spacial score (nSPS) is 11.9. The van der Waals surface area contributed by atoms with E-state index in [0.29, 0.717) is 30.1 Å². The van der Waals surface area contributed by atoms with Crippen LogP contribution in [-0.2, 0) is 11.3 Å². The highest BCUT2D eigenvalue weighted by Gasteiger charge is 2.14. The first kappa shape index (κ1) is 19.1. The van der Waals surface area contributed by atoms with Gasteiger partial charge < -0.3 is 14.0 Å². The molecule has 136 valence electrons. The van der Waals surface area contributed by atoms with Gasteiger partial charge in [-0.25, -0.2) is 0 Å². The summed E-state index contributed by atoms with van der Waals surface area (Å²) in [5, 5.41) is 0. The van der Waals surface area contributed by atoms with Crippen molar-refractivity contribution in [3.8, 4) is 5.75 Å². The molecule has 26 heavy (non-hydrogen) atoms. The lowest BCUT2D eigenvalue weighted by Gasteiger charge is -2.09. The van der Waals surface area contributed by atoms with Gasteiger partial charge in [0.25, 0.3) is 5.91 Å². The molecular formula is C19H19IN2O3S. The van der Waals surface area contributed by atoms with Gasteiger partial charge >= 0.3 is 0 Å². The molecule has 3 aromatic rings. The summed E-state index contributed by atoms with van der Waals surface area (Å²) in [5.74, 6) is 0.547. The Kier molecular flexibility index (Phi) is 6.44. The number of hydrogen-bond acceptors (Lipinski definition) is 4. The number of thiazole rings is 1. The molecule has 3 rings (SSSR count). The van der Waals surface area contributed by atoms with Crippen LogP contribution in [0.1, 0.15) is 17.3 Å². The number of benzene rings is 2. The summed E-state index contributed by atoms with van der Waals surface area (Å²) in [4.78, 5) is 17.8. The Morgan fingerprint density at radius 3 is 2.77 bits per heavy atom. The third kappa shape index (κ3) is 3.99. The molecule has 2 aromatic carbocycles. The highest BCUT2D eigenvalue weighted by atomic mass is 127. The van der Waals surface area contributed by atoms with Crippen molar-refractivity contribution in [3.05, 3.63) is 56.4 Å². The molecule has 0 bridgehead atoms. The molecular weight excluding hydrogens is 463 g/mol. The number of halogens is 1. The molecule has 0 aliphatic carbocycles. The Morgan fingerprint density at radius 2 is 2.04 bits per heavy atom. The Morgan fingerprint density at radius 1 is 1.23 bits per heavy atom. The lowest BCUT2D eigenvalue weighted by Crippen LogP contribution is -2.20. The van der Waals surface area contributed by atoms with Crippen LogP contribution in [0, 0.1) is 3.57 Å². The molecule has 0 aliphatic heterocycles. The molecule has 0 unspecified atom stereocenters. The summed E-state index contributed by atoms with van der Waals surface area (Å²) in [7, 11) is 1.66. The van der Waals surface area contributed by atoms with Crippen LogP contribution < -0.4 is 9.54 Å². The predicted octanol–water partition coefficient (Wildman–Crippen LogP) is 4.09. The van der Waals surface area contributed by atoms with E-state index in [-0.39, 0.29) is 5.91 Å². The highest BCUT2D eigenvalue weighted by molar-refractivity contribution is 14.1. The Bertz CT molecular complexity index is 994. The summed E-state index contributed by atoms with van der Waals surface area (Å²) >= 11 is 3.64. The third-order valence-corrected chi connectivity index (χ3v) is 5.77. The topological polar surface area (TPSA) is 52.8 Å². The fraction of sp³-hybridized carbons (Fsp3) is 0.263. The minimum absolute atomic E-state index is 0.245. The number of hydrogen-bond donors (Lipinski definition) is 0. The number of ether oxygens (including phenoxy) is 2. The lowest BCUT2D eigenvalue weighted by molar-refractivity contribution is 0.0996. The van der Waals surface area contributed by atoms with Crippen molar-refractivity contribution in [2.75, 3.05) is 20.3 Å². The molecule has 7 heteroatoms. The average molecular weight is 482 g/mol. The number of nitrogens with zero attached hydrogens (tertiary/aromatic N) is 2. The van der Waals surface area contributed by atoms with Crippen LogP contribution in [0.2, 0.25) is 0 Å². The van der Waals surface area contributed by atoms with Crippen LogP contribution in [0.4, 0.5) is 0 Å². The second-order valence-electron chi connectivity index (χ2n) is 5.46. The van der Waals surface area contributed by atoms with Crippen LogP contribution in [0.5, 0.6) is 5.75 Å². The fourth-order valence-electron chi connectivity index (χ4n) is 2.63. The Labute approximate surface area is 169 Å². The Hall–Kier alpha value is -1.71. The van der Waals surface area contributed by atoms with E-state index in [2.05, 4.69) is 27.6 Å². The van der Waals surface area contributed by atoms with Crippen molar-refractivity contribution in [1.29, 1.82) is 0 Å². The van der Waals surface area contributed by atoms with Crippen molar-refractivity contribution in [2.24, 2.45) is 4.99 Å². The number of para-hydroxylation sites is 1. The first-order chi connectivity index (χ1) is 12.7. The second kappa shape index (κ2) is 8.79. The van der Waals surface area contributed by atoms with Gasteiger partial charge in [-0.05, 0) is 53.8 Å². The number of amides is 1. The quantitative estimate of drug-likeness (QED) is 0.498. The number of methoxy groups -OCH3 is 1. The molecule has 1 aromatic heterocycles. The summed E-state index contributed by atoms with van der Waals surface area (Å²) in [6.07, 6.45) is 0. The first-order valence-electron chi connectivity index (χ1n) is 8.23. The minimum Gasteiger partial charge on any atom is -0.492 e. The monoisotopic (exact) mass is 482 g/mol. The molecule has 1 amide bonds. The number of rotatable bonds is 6. The van der Waals surface area contributed by atoms with Gasteiger partial charge in [-0.15, -0.1) is 0 Å². The molecule has 0 radical (unpaired) electrons. The van der Waals surface area contributed by atoms with E-state index in [0.717, 1.165) is 19.5 Å². The highest BCUT2D eigenvalue weighted by Crippen LogP contribution is 2.27. The van der Waals surface area contributed by atoms with E-state index in [1.54, 1.807) is 13.2 Å². The van der Waals surface area contributed by atoms with E-state index in [9.17, 15) is 4.79 Å². The van der Waals surface area contributed by atoms with Crippen LogP contribution in [0.3, 0.4) is 0 Å². The molecule has 0 saturated heterocycles. The van der Waals surface area contributed by atoms with Gasteiger partial charge in [-0.3, -0.25) is 4.79 Å². The van der Waals surface area contributed by atoms with E-state index >= 15 is 0 Å². The zero-order valence-electron chi connectivity index (χ0n) is 14.6. The third-order valence-electron chi connectivity index (χ3n) is 3.78. The number of fused-ring (bicyclic) bond motifs is 1. The van der Waals surface area contributed by atoms with Crippen molar-refractivity contribution < 1.29 is 14.3 Å². The van der Waals surface area contributed by atoms with Crippen molar-refractivity contribution in [1.82, 2.24) is 4.57 Å². The van der Waals surface area contributed by atoms with Gasteiger partial charge in [0.15, 0.2) is 4.80 Å². The van der Waals surface area contributed by atoms with Gasteiger partial charge in [-0.1, -0.05) is 29.5 Å². The molecule has 0 spiro atoms. The van der Waals surface area contributed by atoms with Crippen LogP contribution in [0.25, 0.3) is 10.2 Å². The van der Waals surface area contributed by atoms with Crippen molar-refractivity contribution >= 4 is 50.1 Å². The maximum atomic E-state index is 12.7. The van der Waals surface area contributed by atoms with Crippen LogP contribution >= 0.6 is 33.9 Å². The van der Waals surface area contributed by atoms with Crippen molar-refractivity contribution in [2.45, 2.75) is 13.5 Å². The standard InChI is InChI=1S/C19H19IN2O3S/c1-3-25-15-9-6-10-16-17(15)22(11-12-24-2)19(26-16)21-18(23)13-7-4-5-8-14(13)20/h4-10H,3,11-12H2,1-2H3. The summed E-state index contributed by atoms with van der Waals surface area (Å²) in [5.41, 5.74) is 1.56. The van der Waals surface area contributed by atoms with E-state index < -0.39 is 0 Å². The van der Waals surface area contributed by atoms with Gasteiger partial charge in [0.2, 0.25) is 0 Å². The van der Waals surface area contributed by atoms with Crippen LogP contribution in [-0.4, -0.2) is 30.8 Å². The largest absolute Gasteiger partial charge is 0.492 e. The minimum atomic E-state index is -0.245. The molecule has 5 nitrogen and oxygen atoms in total. The Balaban J connectivity index is 2.17. The van der Waals surface area contributed by atoms with Gasteiger partial charge in [0.05, 0.1) is 23.5 Å². The van der Waals surface area contributed by atoms with E-state index in [1.807, 2.05) is 47.9 Å². The van der Waals surface area contributed by atoms with Gasteiger partial charge in [0.1, 0.15) is 11.3 Å². The number of aromatic nitrogens is 1. The molecule has 1 heterocycles. The molecule has 0 fully saturated rings. The predicted molar refractivity (Wildman–Crippen MR) is 112 cm³/mol. The molecule has 0 N–H and O–H groups in total. The molecule has 0 atom stereocenters. The van der Waals surface area contributed by atoms with E-state index in [1.165, 1.54) is 11.3 Å². The number of carbonyl (C=O) groups excluding carboxylic acids is 1. The van der Waals surface area contributed by atoms with Gasteiger partial charge in [-0.2, -0.15) is 4.99 Å².